The van der Waals surface area contributed by atoms with Crippen molar-refractivity contribution in [3.8, 4) is 0 Å². The molecule has 2 N–H and O–H groups in total. The van der Waals surface area contributed by atoms with Crippen molar-refractivity contribution in [1.29, 1.82) is 0 Å². The molecule has 156 valence electrons. The highest BCUT2D eigenvalue weighted by atomic mass is 16.2. The molecule has 0 bridgehead atoms. The van der Waals surface area contributed by atoms with E-state index >= 15 is 0 Å². The van der Waals surface area contributed by atoms with Gasteiger partial charge in [0.2, 0.25) is 5.91 Å². The van der Waals surface area contributed by atoms with Crippen LogP contribution in [0.15, 0.2) is 35.3 Å². The van der Waals surface area contributed by atoms with Gasteiger partial charge in [0.05, 0.1) is 5.69 Å². The van der Waals surface area contributed by atoms with Crippen molar-refractivity contribution in [2.75, 3.05) is 31.1 Å². The predicted molar refractivity (Wildman–Crippen MR) is 117 cm³/mol. The van der Waals surface area contributed by atoms with Crippen LogP contribution in [0.25, 0.3) is 0 Å². The van der Waals surface area contributed by atoms with E-state index in [1.165, 1.54) is 11.3 Å². The number of carbonyl (C=O) groups is 1. The van der Waals surface area contributed by atoms with Crippen LogP contribution in [0.2, 0.25) is 0 Å². The molecule has 2 aromatic rings. The van der Waals surface area contributed by atoms with Gasteiger partial charge in [-0.25, -0.2) is 4.99 Å². The van der Waals surface area contributed by atoms with Crippen LogP contribution < -0.4 is 15.5 Å². The SMILES string of the molecule is CCNC(=NCC(=O)N1CCCc2ccccc21)NCCCn1nc(C)cc1C. The fraction of sp³-hybridized carbons (Fsp3) is 0.500. The summed E-state index contributed by atoms with van der Waals surface area (Å²) in [6.45, 7) is 9.39. The number of hydrogen-bond acceptors (Lipinski definition) is 3. The average molecular weight is 397 g/mol. The minimum Gasteiger partial charge on any atom is -0.357 e. The summed E-state index contributed by atoms with van der Waals surface area (Å²) < 4.78 is 2.03. The number of anilines is 1. The summed E-state index contributed by atoms with van der Waals surface area (Å²) in [5, 5.41) is 11.0. The molecule has 2 heterocycles. The van der Waals surface area contributed by atoms with Crippen molar-refractivity contribution >= 4 is 17.6 Å². The van der Waals surface area contributed by atoms with Gasteiger partial charge < -0.3 is 15.5 Å². The summed E-state index contributed by atoms with van der Waals surface area (Å²) in [7, 11) is 0. The van der Waals surface area contributed by atoms with E-state index in [1.807, 2.05) is 41.6 Å². The van der Waals surface area contributed by atoms with Crippen molar-refractivity contribution in [2.45, 2.75) is 46.6 Å². The molecule has 7 nitrogen and oxygen atoms in total. The second-order valence-electron chi connectivity index (χ2n) is 7.40. The maximum atomic E-state index is 12.8. The molecule has 1 aromatic carbocycles. The van der Waals surface area contributed by atoms with Gasteiger partial charge in [0.15, 0.2) is 5.96 Å². The Kier molecular flexibility index (Phi) is 7.27. The third-order valence-electron chi connectivity index (χ3n) is 5.07. The van der Waals surface area contributed by atoms with Gasteiger partial charge in [-0.1, -0.05) is 18.2 Å². The molecule has 0 saturated heterocycles. The van der Waals surface area contributed by atoms with Crippen LogP contribution >= 0.6 is 0 Å². The van der Waals surface area contributed by atoms with Crippen LogP contribution in [0.1, 0.15) is 36.7 Å². The lowest BCUT2D eigenvalue weighted by Crippen LogP contribution is -2.41. The third kappa shape index (κ3) is 5.59. The first-order chi connectivity index (χ1) is 14.1. The molecule has 0 atom stereocenters. The second kappa shape index (κ2) is 10.1. The lowest BCUT2D eigenvalue weighted by Gasteiger charge is -2.29. The minimum atomic E-state index is 0.0389. The summed E-state index contributed by atoms with van der Waals surface area (Å²) in [6.07, 6.45) is 2.96. The summed E-state index contributed by atoms with van der Waals surface area (Å²) in [6, 6.07) is 10.2. The fourth-order valence-electron chi connectivity index (χ4n) is 3.70. The minimum absolute atomic E-state index is 0.0389. The zero-order valence-electron chi connectivity index (χ0n) is 17.7. The van der Waals surface area contributed by atoms with Gasteiger partial charge in [-0.05, 0) is 57.7 Å². The normalized spacial score (nSPS) is 13.9. The molecule has 1 aliphatic heterocycles. The molecule has 0 radical (unpaired) electrons. The van der Waals surface area contributed by atoms with Gasteiger partial charge in [0.1, 0.15) is 6.54 Å². The van der Waals surface area contributed by atoms with Gasteiger partial charge in [0.25, 0.3) is 0 Å². The molecule has 3 rings (SSSR count). The summed E-state index contributed by atoms with van der Waals surface area (Å²) in [5.74, 6) is 0.719. The molecule has 0 aliphatic carbocycles. The van der Waals surface area contributed by atoms with Crippen LogP contribution in [-0.2, 0) is 17.8 Å². The maximum Gasteiger partial charge on any atom is 0.248 e. The maximum absolute atomic E-state index is 12.8. The third-order valence-corrected chi connectivity index (χ3v) is 5.07. The molecule has 0 spiro atoms. The number of hydrogen-bond donors (Lipinski definition) is 2. The number of fused-ring (bicyclic) bond motifs is 1. The molecule has 1 amide bonds. The highest BCUT2D eigenvalue weighted by Gasteiger charge is 2.21. The fourth-order valence-corrected chi connectivity index (χ4v) is 3.70. The number of guanidine groups is 1. The highest BCUT2D eigenvalue weighted by Crippen LogP contribution is 2.26. The number of amides is 1. The lowest BCUT2D eigenvalue weighted by atomic mass is 10.0. The van der Waals surface area contributed by atoms with Gasteiger partial charge in [-0.2, -0.15) is 5.10 Å². The zero-order chi connectivity index (χ0) is 20.6. The number of aromatic nitrogens is 2. The van der Waals surface area contributed by atoms with Crippen LogP contribution in [0.3, 0.4) is 0 Å². The van der Waals surface area contributed by atoms with Gasteiger partial charge >= 0.3 is 0 Å². The number of rotatable bonds is 7. The van der Waals surface area contributed by atoms with E-state index in [1.54, 1.807) is 0 Å². The van der Waals surface area contributed by atoms with Gasteiger partial charge in [-0.15, -0.1) is 0 Å². The smallest absolute Gasteiger partial charge is 0.248 e. The average Bonchev–Trinajstić information content (AvgIpc) is 3.05. The van der Waals surface area contributed by atoms with Crippen LogP contribution in [0, 0.1) is 13.8 Å². The molecular weight excluding hydrogens is 364 g/mol. The molecule has 1 aliphatic rings. The Morgan fingerprint density at radius 3 is 2.83 bits per heavy atom. The molecule has 29 heavy (non-hydrogen) atoms. The summed E-state index contributed by atoms with van der Waals surface area (Å²) in [4.78, 5) is 19.2. The van der Waals surface area contributed by atoms with E-state index in [0.717, 1.165) is 56.8 Å². The largest absolute Gasteiger partial charge is 0.357 e. The van der Waals surface area contributed by atoms with Crippen molar-refractivity contribution in [1.82, 2.24) is 20.4 Å². The van der Waals surface area contributed by atoms with Gasteiger partial charge in [-0.3, -0.25) is 9.48 Å². The Morgan fingerprint density at radius 1 is 1.24 bits per heavy atom. The van der Waals surface area contributed by atoms with E-state index in [2.05, 4.69) is 39.8 Å². The number of carbonyl (C=O) groups excluding carboxylic acids is 1. The monoisotopic (exact) mass is 396 g/mol. The van der Waals surface area contributed by atoms with Crippen LogP contribution in [0.5, 0.6) is 0 Å². The molecule has 1 aromatic heterocycles. The van der Waals surface area contributed by atoms with E-state index in [0.29, 0.717) is 5.96 Å². The van der Waals surface area contributed by atoms with E-state index < -0.39 is 0 Å². The first kappa shape index (κ1) is 20.9. The Hall–Kier alpha value is -2.83. The van der Waals surface area contributed by atoms with Crippen molar-refractivity contribution < 1.29 is 4.79 Å². The zero-order valence-corrected chi connectivity index (χ0v) is 17.7. The van der Waals surface area contributed by atoms with Crippen LogP contribution in [-0.4, -0.2) is 47.8 Å². The first-order valence-corrected chi connectivity index (χ1v) is 10.5. The Morgan fingerprint density at radius 2 is 2.07 bits per heavy atom. The Labute approximate surface area is 173 Å². The molecule has 0 fully saturated rings. The lowest BCUT2D eigenvalue weighted by molar-refractivity contribution is -0.117. The highest BCUT2D eigenvalue weighted by molar-refractivity contribution is 5.97. The number of nitrogens with zero attached hydrogens (tertiary/aromatic N) is 4. The van der Waals surface area contributed by atoms with Crippen molar-refractivity contribution in [3.63, 3.8) is 0 Å². The summed E-state index contributed by atoms with van der Waals surface area (Å²) in [5.41, 5.74) is 4.49. The number of para-hydroxylation sites is 1. The standard InChI is InChI=1S/C22H32N6O/c1-4-23-22(24-12-8-14-28-18(3)15-17(2)26-28)25-16-21(29)27-13-7-10-19-9-5-6-11-20(19)27/h5-6,9,11,15H,4,7-8,10,12-14,16H2,1-3H3,(H2,23,24,25). The number of nitrogens with one attached hydrogen (secondary N) is 2. The van der Waals surface area contributed by atoms with Crippen LogP contribution in [0.4, 0.5) is 5.69 Å². The number of aryl methyl sites for hydroxylation is 4. The van der Waals surface area contributed by atoms with Gasteiger partial charge in [0, 0.05) is 37.6 Å². The summed E-state index contributed by atoms with van der Waals surface area (Å²) >= 11 is 0. The molecule has 7 heteroatoms. The quantitative estimate of drug-likeness (QED) is 0.428. The molecule has 0 unspecified atom stereocenters. The Bertz CT molecular complexity index is 857. The predicted octanol–water partition coefficient (Wildman–Crippen LogP) is 2.42. The van der Waals surface area contributed by atoms with E-state index in [-0.39, 0.29) is 12.5 Å². The number of aliphatic imine (C=N–C) groups is 1. The number of benzene rings is 1. The first-order valence-electron chi connectivity index (χ1n) is 10.5. The topological polar surface area (TPSA) is 74.6 Å². The second-order valence-corrected chi connectivity index (χ2v) is 7.40. The van der Waals surface area contributed by atoms with E-state index in [4.69, 9.17) is 0 Å². The van der Waals surface area contributed by atoms with Crippen molar-refractivity contribution in [3.05, 3.63) is 47.3 Å². The molecule has 0 saturated carbocycles. The van der Waals surface area contributed by atoms with E-state index in [9.17, 15) is 4.79 Å². The van der Waals surface area contributed by atoms with Crippen molar-refractivity contribution in [2.24, 2.45) is 4.99 Å². The Balaban J connectivity index is 1.52. The molecular formula is C22H32N6O.